The highest BCUT2D eigenvalue weighted by Gasteiger charge is 2.45. The molecule has 0 bridgehead atoms. The van der Waals surface area contributed by atoms with Gasteiger partial charge in [0.05, 0.1) is 5.41 Å². The second-order valence-corrected chi connectivity index (χ2v) is 5.12. The minimum absolute atomic E-state index is 0.159. The molecule has 1 aliphatic heterocycles. The summed E-state index contributed by atoms with van der Waals surface area (Å²) in [5.74, 6) is 0.983. The van der Waals surface area contributed by atoms with Crippen molar-refractivity contribution in [3.8, 4) is 0 Å². The molecule has 1 aliphatic rings. The van der Waals surface area contributed by atoms with Gasteiger partial charge in [0.15, 0.2) is 0 Å². The molecule has 0 aliphatic carbocycles. The van der Waals surface area contributed by atoms with Crippen LogP contribution in [0.1, 0.15) is 32.6 Å². The molecule has 0 aromatic rings. The first-order chi connectivity index (χ1) is 6.63. The second-order valence-electron chi connectivity index (χ2n) is 4.01. The first-order valence-electron chi connectivity index (χ1n) is 5.20. The molecule has 3 N–H and O–H groups in total. The first kappa shape index (κ1) is 11.9. The standard InChI is InChI=1S/C10H19NO2S/c1-2-3-5-10(9(12)13)7-14-6-4-8(10)11/h8H,2-7,11H2,1H3,(H,12,13). The molecule has 2 atom stereocenters. The number of hydrogen-bond donors (Lipinski definition) is 2. The molecule has 1 rings (SSSR count). The quantitative estimate of drug-likeness (QED) is 0.752. The van der Waals surface area contributed by atoms with Crippen LogP contribution in [-0.2, 0) is 4.79 Å². The predicted octanol–water partition coefficient (Wildman–Crippen LogP) is 1.71. The van der Waals surface area contributed by atoms with E-state index in [1.807, 2.05) is 0 Å². The van der Waals surface area contributed by atoms with E-state index in [9.17, 15) is 9.90 Å². The number of carboxylic acids is 1. The summed E-state index contributed by atoms with van der Waals surface area (Å²) in [5, 5.41) is 9.29. The third kappa shape index (κ3) is 2.23. The lowest BCUT2D eigenvalue weighted by atomic mass is 9.76. The first-order valence-corrected chi connectivity index (χ1v) is 6.35. The van der Waals surface area contributed by atoms with Crippen LogP contribution in [-0.4, -0.2) is 28.6 Å². The average Bonchev–Trinajstić information content (AvgIpc) is 2.16. The van der Waals surface area contributed by atoms with Gasteiger partial charge in [0.2, 0.25) is 0 Å². The molecule has 0 amide bonds. The van der Waals surface area contributed by atoms with Gasteiger partial charge in [-0.2, -0.15) is 11.8 Å². The van der Waals surface area contributed by atoms with Crippen LogP contribution >= 0.6 is 11.8 Å². The van der Waals surface area contributed by atoms with Crippen molar-refractivity contribution < 1.29 is 9.90 Å². The monoisotopic (exact) mass is 217 g/mol. The van der Waals surface area contributed by atoms with Gasteiger partial charge in [-0.1, -0.05) is 19.8 Å². The van der Waals surface area contributed by atoms with Crippen LogP contribution in [0.5, 0.6) is 0 Å². The SMILES string of the molecule is CCCCC1(C(=O)O)CSCCC1N. The van der Waals surface area contributed by atoms with Crippen molar-refractivity contribution in [3.63, 3.8) is 0 Å². The van der Waals surface area contributed by atoms with Gasteiger partial charge in [0.25, 0.3) is 0 Å². The zero-order valence-electron chi connectivity index (χ0n) is 8.66. The van der Waals surface area contributed by atoms with Gasteiger partial charge in [-0.05, 0) is 18.6 Å². The molecule has 1 saturated heterocycles. The molecular weight excluding hydrogens is 198 g/mol. The van der Waals surface area contributed by atoms with Crippen molar-refractivity contribution >= 4 is 17.7 Å². The van der Waals surface area contributed by atoms with Crippen molar-refractivity contribution in [2.75, 3.05) is 11.5 Å². The third-order valence-electron chi connectivity index (χ3n) is 3.04. The topological polar surface area (TPSA) is 63.3 Å². The van der Waals surface area contributed by atoms with E-state index in [1.54, 1.807) is 11.8 Å². The maximum Gasteiger partial charge on any atom is 0.312 e. The Hall–Kier alpha value is -0.220. The van der Waals surface area contributed by atoms with Gasteiger partial charge in [-0.25, -0.2) is 0 Å². The Balaban J connectivity index is 2.72. The fourth-order valence-corrected chi connectivity index (χ4v) is 3.34. The number of hydrogen-bond acceptors (Lipinski definition) is 3. The van der Waals surface area contributed by atoms with E-state index >= 15 is 0 Å². The Morgan fingerprint density at radius 1 is 1.71 bits per heavy atom. The second kappa shape index (κ2) is 5.03. The number of thioether (sulfide) groups is 1. The molecule has 14 heavy (non-hydrogen) atoms. The molecule has 82 valence electrons. The van der Waals surface area contributed by atoms with Crippen LogP contribution in [0.25, 0.3) is 0 Å². The molecule has 4 heteroatoms. The van der Waals surface area contributed by atoms with Crippen molar-refractivity contribution in [2.24, 2.45) is 11.1 Å². The van der Waals surface area contributed by atoms with Crippen molar-refractivity contribution in [2.45, 2.75) is 38.6 Å². The van der Waals surface area contributed by atoms with Crippen LogP contribution in [0.2, 0.25) is 0 Å². The number of rotatable bonds is 4. The van der Waals surface area contributed by atoms with E-state index in [4.69, 9.17) is 5.73 Å². The molecule has 0 aromatic carbocycles. The van der Waals surface area contributed by atoms with Gasteiger partial charge < -0.3 is 10.8 Å². The summed E-state index contributed by atoms with van der Waals surface area (Å²) in [6.07, 6.45) is 3.56. The Labute approximate surface area is 89.4 Å². The summed E-state index contributed by atoms with van der Waals surface area (Å²) in [4.78, 5) is 11.3. The van der Waals surface area contributed by atoms with E-state index in [0.29, 0.717) is 5.75 Å². The summed E-state index contributed by atoms with van der Waals surface area (Å²) < 4.78 is 0. The van der Waals surface area contributed by atoms with Gasteiger partial charge >= 0.3 is 5.97 Å². The number of nitrogens with two attached hydrogens (primary N) is 1. The summed E-state index contributed by atoms with van der Waals surface area (Å²) in [5.41, 5.74) is 5.31. The Morgan fingerprint density at radius 3 is 2.93 bits per heavy atom. The van der Waals surface area contributed by atoms with Crippen molar-refractivity contribution in [1.82, 2.24) is 0 Å². The normalized spacial score (nSPS) is 32.9. The summed E-state index contributed by atoms with van der Waals surface area (Å²) in [6, 6.07) is -0.159. The van der Waals surface area contributed by atoms with E-state index in [-0.39, 0.29) is 6.04 Å². The number of carbonyl (C=O) groups is 1. The highest BCUT2D eigenvalue weighted by Crippen LogP contribution is 2.38. The summed E-state index contributed by atoms with van der Waals surface area (Å²) >= 11 is 1.72. The lowest BCUT2D eigenvalue weighted by Crippen LogP contribution is -2.52. The molecule has 0 spiro atoms. The third-order valence-corrected chi connectivity index (χ3v) is 4.29. The van der Waals surface area contributed by atoms with E-state index < -0.39 is 11.4 Å². The van der Waals surface area contributed by atoms with Gasteiger partial charge in [0.1, 0.15) is 0 Å². The van der Waals surface area contributed by atoms with Gasteiger partial charge in [-0.15, -0.1) is 0 Å². The van der Waals surface area contributed by atoms with Gasteiger partial charge in [-0.3, -0.25) is 4.79 Å². The van der Waals surface area contributed by atoms with Crippen LogP contribution in [0, 0.1) is 5.41 Å². The number of carboxylic acid groups (broad SMARTS) is 1. The van der Waals surface area contributed by atoms with E-state index in [0.717, 1.165) is 31.4 Å². The Bertz CT molecular complexity index is 210. The minimum atomic E-state index is -0.703. The van der Waals surface area contributed by atoms with Crippen LogP contribution in [0.3, 0.4) is 0 Å². The highest BCUT2D eigenvalue weighted by molar-refractivity contribution is 7.99. The Kier molecular flexibility index (Phi) is 4.26. The predicted molar refractivity (Wildman–Crippen MR) is 59.5 cm³/mol. The lowest BCUT2D eigenvalue weighted by Gasteiger charge is -2.38. The zero-order valence-corrected chi connectivity index (χ0v) is 9.48. The fraction of sp³-hybridized carbons (Fsp3) is 0.900. The molecular formula is C10H19NO2S. The fourth-order valence-electron chi connectivity index (χ4n) is 1.92. The molecule has 2 unspecified atom stereocenters. The van der Waals surface area contributed by atoms with Gasteiger partial charge in [0, 0.05) is 11.8 Å². The smallest absolute Gasteiger partial charge is 0.312 e. The van der Waals surface area contributed by atoms with E-state index in [1.165, 1.54) is 0 Å². The largest absolute Gasteiger partial charge is 0.481 e. The highest BCUT2D eigenvalue weighted by atomic mass is 32.2. The maximum absolute atomic E-state index is 11.3. The molecule has 1 fully saturated rings. The molecule has 0 saturated carbocycles. The maximum atomic E-state index is 11.3. The molecule has 0 aromatic heterocycles. The Morgan fingerprint density at radius 2 is 2.43 bits per heavy atom. The minimum Gasteiger partial charge on any atom is -0.481 e. The molecule has 3 nitrogen and oxygen atoms in total. The van der Waals surface area contributed by atoms with Crippen molar-refractivity contribution in [3.05, 3.63) is 0 Å². The zero-order chi connectivity index (χ0) is 10.6. The summed E-state index contributed by atoms with van der Waals surface area (Å²) in [7, 11) is 0. The van der Waals surface area contributed by atoms with Crippen molar-refractivity contribution in [1.29, 1.82) is 0 Å². The number of aliphatic carboxylic acids is 1. The molecule has 0 radical (unpaired) electrons. The average molecular weight is 217 g/mol. The van der Waals surface area contributed by atoms with E-state index in [2.05, 4.69) is 6.92 Å². The van der Waals surface area contributed by atoms with Crippen LogP contribution < -0.4 is 5.73 Å². The summed E-state index contributed by atoms with van der Waals surface area (Å²) in [6.45, 7) is 2.08. The van der Waals surface area contributed by atoms with Crippen LogP contribution in [0.4, 0.5) is 0 Å². The lowest BCUT2D eigenvalue weighted by molar-refractivity contribution is -0.149. The van der Waals surface area contributed by atoms with Crippen LogP contribution in [0.15, 0.2) is 0 Å². The number of unbranched alkanes of at least 4 members (excludes halogenated alkanes) is 1. The molecule has 1 heterocycles.